The lowest BCUT2D eigenvalue weighted by Crippen LogP contribution is -1.95. The van der Waals surface area contributed by atoms with Crippen molar-refractivity contribution >= 4 is 6.08 Å². The fourth-order valence-corrected chi connectivity index (χ4v) is 1.96. The fourth-order valence-electron chi connectivity index (χ4n) is 1.96. The number of aliphatic hydroxyl groups is 1. The van der Waals surface area contributed by atoms with Crippen molar-refractivity contribution in [2.24, 2.45) is 0 Å². The molecule has 0 fully saturated rings. The molecule has 0 bridgehead atoms. The maximum atomic E-state index is 8.83. The summed E-state index contributed by atoms with van der Waals surface area (Å²) in [7, 11) is 1.70. The van der Waals surface area contributed by atoms with Gasteiger partial charge in [0.15, 0.2) is 0 Å². The van der Waals surface area contributed by atoms with Gasteiger partial charge in [0, 0.05) is 0 Å². The van der Waals surface area contributed by atoms with Crippen LogP contribution in [-0.2, 0) is 0 Å². The molecule has 1 N–H and O–H groups in total. The van der Waals surface area contributed by atoms with Gasteiger partial charge in [-0.15, -0.1) is 0 Å². The quantitative estimate of drug-likeness (QED) is 0.823. The van der Waals surface area contributed by atoms with Crippen molar-refractivity contribution in [3.8, 4) is 5.75 Å². The minimum atomic E-state index is 0.0791. The number of hydrogen-bond acceptors (Lipinski definition) is 2. The highest BCUT2D eigenvalue weighted by Crippen LogP contribution is 2.28. The van der Waals surface area contributed by atoms with Gasteiger partial charge in [-0.1, -0.05) is 23.8 Å². The summed E-state index contributed by atoms with van der Waals surface area (Å²) >= 11 is 0. The minimum absolute atomic E-state index is 0.0791. The number of aliphatic hydroxyl groups excluding tert-OH is 1. The summed E-state index contributed by atoms with van der Waals surface area (Å²) in [6.45, 7) is 8.32. The van der Waals surface area contributed by atoms with Crippen LogP contribution >= 0.6 is 0 Å². The number of aryl methyl sites for hydroxylation is 1. The van der Waals surface area contributed by atoms with Crippen LogP contribution in [0.25, 0.3) is 6.08 Å². The molecule has 0 saturated heterocycles. The Hall–Kier alpha value is -1.54. The zero-order valence-electron chi connectivity index (χ0n) is 11.9. The molecular formula is C16H22O2. The lowest BCUT2D eigenvalue weighted by molar-refractivity contribution is 0.342. The molecule has 1 rings (SSSR count). The molecule has 0 saturated carbocycles. The summed E-state index contributed by atoms with van der Waals surface area (Å²) in [6, 6.07) is 2.06. The molecule has 0 heterocycles. The third-order valence-electron chi connectivity index (χ3n) is 3.25. The highest BCUT2D eigenvalue weighted by Gasteiger charge is 2.08. The molecule has 1 aromatic rings. The standard InChI is InChI=1S/C16H22O2/c1-11(8-9-17)6-7-15-12(2)10-16(18-5)14(4)13(15)3/h6-8,10,17H,9H2,1-5H3. The van der Waals surface area contributed by atoms with Crippen LogP contribution in [0.15, 0.2) is 23.8 Å². The van der Waals surface area contributed by atoms with Crippen LogP contribution in [0.2, 0.25) is 0 Å². The molecule has 2 nitrogen and oxygen atoms in total. The Labute approximate surface area is 110 Å². The van der Waals surface area contributed by atoms with Gasteiger partial charge < -0.3 is 9.84 Å². The van der Waals surface area contributed by atoms with Gasteiger partial charge in [0.05, 0.1) is 13.7 Å². The Kier molecular flexibility index (Phi) is 5.17. The molecule has 0 aliphatic heterocycles. The first kappa shape index (κ1) is 14.5. The van der Waals surface area contributed by atoms with Crippen LogP contribution in [0.5, 0.6) is 5.75 Å². The summed E-state index contributed by atoms with van der Waals surface area (Å²) in [4.78, 5) is 0. The molecule has 0 aromatic heterocycles. The number of ether oxygens (including phenoxy) is 1. The van der Waals surface area contributed by atoms with Crippen LogP contribution in [0, 0.1) is 20.8 Å². The number of benzene rings is 1. The van der Waals surface area contributed by atoms with Gasteiger partial charge in [-0.2, -0.15) is 0 Å². The topological polar surface area (TPSA) is 29.5 Å². The van der Waals surface area contributed by atoms with E-state index in [0.29, 0.717) is 0 Å². The second kappa shape index (κ2) is 6.41. The van der Waals surface area contributed by atoms with Crippen molar-refractivity contribution in [2.75, 3.05) is 13.7 Å². The second-order valence-corrected chi connectivity index (χ2v) is 4.52. The van der Waals surface area contributed by atoms with E-state index in [2.05, 4.69) is 32.9 Å². The summed E-state index contributed by atoms with van der Waals surface area (Å²) in [5.74, 6) is 0.935. The first-order valence-corrected chi connectivity index (χ1v) is 6.11. The Morgan fingerprint density at radius 2 is 1.94 bits per heavy atom. The molecule has 2 heteroatoms. The van der Waals surface area contributed by atoms with E-state index in [-0.39, 0.29) is 6.61 Å². The average molecular weight is 246 g/mol. The molecule has 0 atom stereocenters. The molecule has 0 unspecified atom stereocenters. The molecule has 18 heavy (non-hydrogen) atoms. The summed E-state index contributed by atoms with van der Waals surface area (Å²) in [6.07, 6.45) is 5.91. The van der Waals surface area contributed by atoms with Crippen LogP contribution < -0.4 is 4.74 Å². The van der Waals surface area contributed by atoms with Gasteiger partial charge in [0.25, 0.3) is 0 Å². The smallest absolute Gasteiger partial charge is 0.122 e. The normalized spacial score (nSPS) is 12.2. The molecule has 0 aliphatic rings. The number of methoxy groups -OCH3 is 1. The number of hydrogen-bond donors (Lipinski definition) is 1. The largest absolute Gasteiger partial charge is 0.496 e. The van der Waals surface area contributed by atoms with Crippen molar-refractivity contribution < 1.29 is 9.84 Å². The first-order chi connectivity index (χ1) is 8.51. The molecule has 0 aliphatic carbocycles. The van der Waals surface area contributed by atoms with Crippen molar-refractivity contribution in [3.63, 3.8) is 0 Å². The van der Waals surface area contributed by atoms with Gasteiger partial charge >= 0.3 is 0 Å². The van der Waals surface area contributed by atoms with Gasteiger partial charge in [0.2, 0.25) is 0 Å². The highest BCUT2D eigenvalue weighted by atomic mass is 16.5. The minimum Gasteiger partial charge on any atom is -0.496 e. The molecule has 0 spiro atoms. The maximum Gasteiger partial charge on any atom is 0.122 e. The van der Waals surface area contributed by atoms with E-state index in [1.165, 1.54) is 22.3 Å². The zero-order chi connectivity index (χ0) is 13.7. The Balaban J connectivity index is 3.18. The maximum absolute atomic E-state index is 8.83. The zero-order valence-corrected chi connectivity index (χ0v) is 11.9. The van der Waals surface area contributed by atoms with Crippen molar-refractivity contribution in [3.05, 3.63) is 46.0 Å². The van der Waals surface area contributed by atoms with E-state index in [1.807, 2.05) is 13.0 Å². The first-order valence-electron chi connectivity index (χ1n) is 6.11. The average Bonchev–Trinajstić information content (AvgIpc) is 2.34. The predicted molar refractivity (Wildman–Crippen MR) is 77.1 cm³/mol. The van der Waals surface area contributed by atoms with Gasteiger partial charge in [0.1, 0.15) is 5.75 Å². The fraction of sp³-hybridized carbons (Fsp3) is 0.375. The van der Waals surface area contributed by atoms with E-state index in [1.54, 1.807) is 13.2 Å². The van der Waals surface area contributed by atoms with E-state index >= 15 is 0 Å². The SMILES string of the molecule is COc1cc(C)c(C=CC(C)=CCO)c(C)c1C. The number of allylic oxidation sites excluding steroid dienone is 2. The molecule has 98 valence electrons. The van der Waals surface area contributed by atoms with Gasteiger partial charge in [-0.25, -0.2) is 0 Å². The highest BCUT2D eigenvalue weighted by molar-refractivity contribution is 5.64. The van der Waals surface area contributed by atoms with Crippen LogP contribution in [0.4, 0.5) is 0 Å². The lowest BCUT2D eigenvalue weighted by Gasteiger charge is -2.13. The van der Waals surface area contributed by atoms with E-state index < -0.39 is 0 Å². The van der Waals surface area contributed by atoms with E-state index in [9.17, 15) is 0 Å². The van der Waals surface area contributed by atoms with E-state index in [0.717, 1.165) is 11.3 Å². The molecular weight excluding hydrogens is 224 g/mol. The van der Waals surface area contributed by atoms with E-state index in [4.69, 9.17) is 9.84 Å². The van der Waals surface area contributed by atoms with Gasteiger partial charge in [-0.05, 0) is 56.0 Å². The van der Waals surface area contributed by atoms with Crippen molar-refractivity contribution in [1.82, 2.24) is 0 Å². The molecule has 1 aromatic carbocycles. The van der Waals surface area contributed by atoms with Crippen LogP contribution in [-0.4, -0.2) is 18.8 Å². The third kappa shape index (κ3) is 3.23. The third-order valence-corrected chi connectivity index (χ3v) is 3.25. The predicted octanol–water partition coefficient (Wildman–Crippen LogP) is 3.57. The Morgan fingerprint density at radius 1 is 1.28 bits per heavy atom. The Morgan fingerprint density at radius 3 is 2.50 bits per heavy atom. The van der Waals surface area contributed by atoms with Crippen LogP contribution in [0.3, 0.4) is 0 Å². The molecule has 0 radical (unpaired) electrons. The lowest BCUT2D eigenvalue weighted by atomic mass is 9.96. The summed E-state index contributed by atoms with van der Waals surface area (Å²) in [5.41, 5.74) is 5.89. The van der Waals surface area contributed by atoms with Crippen LogP contribution in [0.1, 0.15) is 29.2 Å². The Bertz CT molecular complexity index is 482. The van der Waals surface area contributed by atoms with Crippen molar-refractivity contribution in [1.29, 1.82) is 0 Å². The summed E-state index contributed by atoms with van der Waals surface area (Å²) in [5, 5.41) is 8.83. The second-order valence-electron chi connectivity index (χ2n) is 4.52. The van der Waals surface area contributed by atoms with Crippen molar-refractivity contribution in [2.45, 2.75) is 27.7 Å². The number of rotatable bonds is 4. The van der Waals surface area contributed by atoms with Gasteiger partial charge in [-0.3, -0.25) is 0 Å². The summed E-state index contributed by atoms with van der Waals surface area (Å²) < 4.78 is 5.36. The molecule has 0 amide bonds. The monoisotopic (exact) mass is 246 g/mol.